The largest absolute Gasteiger partial charge is 0.360 e. The van der Waals surface area contributed by atoms with Crippen molar-refractivity contribution < 1.29 is 35.6 Å². The smallest absolute Gasteiger partial charge is 0.312 e. The van der Waals surface area contributed by atoms with Gasteiger partial charge in [-0.1, -0.05) is 53.1 Å². The topological polar surface area (TPSA) is 146 Å². The monoisotopic (exact) mass is 579 g/mol. The maximum Gasteiger partial charge on any atom is 0.312 e. The van der Waals surface area contributed by atoms with Gasteiger partial charge < -0.3 is 10.3 Å². The maximum absolute atomic E-state index is 14.3. The lowest BCUT2D eigenvalue weighted by atomic mass is 10.2. The molecule has 2 N–H and O–H groups in total. The predicted molar refractivity (Wildman–Crippen MR) is 141 cm³/mol. The number of benzene rings is 3. The molecule has 1 atom stereocenters. The molecule has 1 aliphatic rings. The summed E-state index contributed by atoms with van der Waals surface area (Å²) in [7, 11) is -15.9. The summed E-state index contributed by atoms with van der Waals surface area (Å²) in [6.45, 7) is 4.68. The number of hydrogen-bond donors (Lipinski definition) is 2. The SMILES string of the molecule is Cc1ccc(S(=O)(=O)C(O)([C@]2(S(=O)(=O)c3ccc(C)cc3)CCCN2O)S(=O)(=O)c2ccc(C)cc2)cc1. The van der Waals surface area contributed by atoms with Crippen LogP contribution in [-0.2, 0) is 29.5 Å². The number of hydroxylamine groups is 2. The van der Waals surface area contributed by atoms with Crippen LogP contribution in [0.4, 0.5) is 0 Å². The second-order valence-electron chi connectivity index (χ2n) is 9.54. The molecule has 0 amide bonds. The van der Waals surface area contributed by atoms with Crippen LogP contribution in [0.5, 0.6) is 0 Å². The van der Waals surface area contributed by atoms with Gasteiger partial charge in [0.15, 0.2) is 0 Å². The Morgan fingerprint density at radius 3 is 1.32 bits per heavy atom. The van der Waals surface area contributed by atoms with Crippen LogP contribution in [0, 0.1) is 20.8 Å². The van der Waals surface area contributed by atoms with E-state index in [0.29, 0.717) is 16.7 Å². The number of aryl methyl sites for hydroxylation is 3. The van der Waals surface area contributed by atoms with Crippen molar-refractivity contribution in [3.05, 3.63) is 89.5 Å². The molecule has 1 saturated heterocycles. The van der Waals surface area contributed by atoms with Crippen molar-refractivity contribution in [2.45, 2.75) is 57.4 Å². The minimum Gasteiger partial charge on any atom is -0.360 e. The zero-order valence-electron chi connectivity index (χ0n) is 21.1. The highest BCUT2D eigenvalue weighted by Gasteiger charge is 2.77. The van der Waals surface area contributed by atoms with Crippen LogP contribution < -0.4 is 0 Å². The zero-order valence-corrected chi connectivity index (χ0v) is 23.5. The fourth-order valence-corrected chi connectivity index (χ4v) is 12.7. The molecule has 0 aromatic heterocycles. The standard InChI is InChI=1S/C26H29NO8S3/c1-19-5-11-22(12-6-19)36(30,31)25(17-4-18-27(25)29)26(28,37(32,33)23-13-7-20(2)8-14-23)38(34,35)24-15-9-21(3)10-16-24/h5-16,28-29H,4,17-18H2,1-3H3/t25-/m1/s1. The van der Waals surface area contributed by atoms with Crippen molar-refractivity contribution in [1.29, 1.82) is 0 Å². The third-order valence-corrected chi connectivity index (χ3v) is 14.9. The fourth-order valence-electron chi connectivity index (χ4n) is 4.77. The summed E-state index contributed by atoms with van der Waals surface area (Å²) in [5.74, 6) is 0. The molecule has 9 nitrogen and oxygen atoms in total. The molecule has 0 aliphatic carbocycles. The van der Waals surface area contributed by atoms with Gasteiger partial charge >= 0.3 is 4.27 Å². The summed E-state index contributed by atoms with van der Waals surface area (Å²) in [6.07, 6.45) is -0.775. The van der Waals surface area contributed by atoms with Gasteiger partial charge in [-0.3, -0.25) is 0 Å². The highest BCUT2D eigenvalue weighted by molar-refractivity contribution is 8.11. The Hall–Kier alpha value is -2.61. The van der Waals surface area contributed by atoms with Crippen molar-refractivity contribution in [3.63, 3.8) is 0 Å². The first kappa shape index (κ1) is 28.4. The molecule has 4 rings (SSSR count). The normalized spacial score (nSPS) is 19.5. The molecule has 1 heterocycles. The first-order valence-electron chi connectivity index (χ1n) is 11.8. The van der Waals surface area contributed by atoms with Crippen molar-refractivity contribution in [2.24, 2.45) is 0 Å². The van der Waals surface area contributed by atoms with Gasteiger partial charge in [-0.2, -0.15) is 5.06 Å². The lowest BCUT2D eigenvalue weighted by Gasteiger charge is -2.44. The number of rotatable bonds is 7. The Morgan fingerprint density at radius 1 is 0.658 bits per heavy atom. The van der Waals surface area contributed by atoms with Crippen molar-refractivity contribution in [3.8, 4) is 0 Å². The van der Waals surface area contributed by atoms with E-state index >= 15 is 0 Å². The summed E-state index contributed by atoms with van der Waals surface area (Å²) in [4.78, 5) is -4.86. The van der Waals surface area contributed by atoms with E-state index in [0.717, 1.165) is 24.3 Å². The van der Waals surface area contributed by atoms with Gasteiger partial charge in [0.1, 0.15) is 0 Å². The molecule has 1 aliphatic heterocycles. The van der Waals surface area contributed by atoms with Crippen LogP contribution in [-0.4, -0.2) is 56.3 Å². The molecule has 0 bridgehead atoms. The van der Waals surface area contributed by atoms with Crippen LogP contribution in [0.2, 0.25) is 0 Å². The maximum atomic E-state index is 14.3. The van der Waals surface area contributed by atoms with Gasteiger partial charge in [0.2, 0.25) is 34.4 Å². The third kappa shape index (κ3) is 3.93. The summed E-state index contributed by atoms with van der Waals surface area (Å²) in [6, 6.07) is 15.3. The first-order chi connectivity index (χ1) is 17.6. The second kappa shape index (κ2) is 9.54. The minimum absolute atomic E-state index is 0.100. The Balaban J connectivity index is 2.16. The molecule has 12 heteroatoms. The summed E-state index contributed by atoms with van der Waals surface area (Å²) < 4.78 is 81.7. The van der Waals surface area contributed by atoms with E-state index in [4.69, 9.17) is 0 Å². The Bertz CT molecular complexity index is 1590. The third-order valence-electron chi connectivity index (χ3n) is 6.96. The average molecular weight is 580 g/mol. The van der Waals surface area contributed by atoms with Gasteiger partial charge in [0.25, 0.3) is 0 Å². The number of sulfone groups is 3. The summed E-state index contributed by atoms with van der Waals surface area (Å²) in [5, 5.41) is 23.6. The van der Waals surface area contributed by atoms with Gasteiger partial charge in [-0.15, -0.1) is 0 Å². The van der Waals surface area contributed by atoms with E-state index in [-0.39, 0.29) is 18.0 Å². The van der Waals surface area contributed by atoms with Gasteiger partial charge in [-0.05, 0) is 70.0 Å². The Labute approximate surface area is 223 Å². The van der Waals surface area contributed by atoms with Crippen LogP contribution in [0.1, 0.15) is 29.5 Å². The first-order valence-corrected chi connectivity index (χ1v) is 16.2. The number of hydrogen-bond acceptors (Lipinski definition) is 9. The lowest BCUT2D eigenvalue weighted by Crippen LogP contribution is -2.71. The molecule has 0 saturated carbocycles. The van der Waals surface area contributed by atoms with E-state index in [1.165, 1.54) is 48.5 Å². The van der Waals surface area contributed by atoms with E-state index in [1.807, 2.05) is 0 Å². The lowest BCUT2D eigenvalue weighted by molar-refractivity contribution is -0.144. The van der Waals surface area contributed by atoms with E-state index in [1.54, 1.807) is 20.8 Å². The van der Waals surface area contributed by atoms with Gasteiger partial charge in [0, 0.05) is 6.54 Å². The average Bonchev–Trinajstić information content (AvgIpc) is 3.27. The summed E-state index contributed by atoms with van der Waals surface area (Å²) >= 11 is 0. The molecule has 204 valence electrons. The van der Waals surface area contributed by atoms with Crippen LogP contribution in [0.25, 0.3) is 0 Å². The molecule has 0 radical (unpaired) electrons. The molecule has 3 aromatic rings. The van der Waals surface area contributed by atoms with Gasteiger partial charge in [0.05, 0.1) is 14.7 Å². The van der Waals surface area contributed by atoms with Crippen molar-refractivity contribution in [2.75, 3.05) is 6.54 Å². The minimum atomic E-state index is -5.42. The van der Waals surface area contributed by atoms with Gasteiger partial charge in [-0.25, -0.2) is 25.3 Å². The number of aliphatic hydroxyl groups is 1. The van der Waals surface area contributed by atoms with Crippen LogP contribution >= 0.6 is 0 Å². The molecule has 38 heavy (non-hydrogen) atoms. The molecular weight excluding hydrogens is 550 g/mol. The van der Waals surface area contributed by atoms with Crippen molar-refractivity contribution >= 4 is 29.5 Å². The van der Waals surface area contributed by atoms with Crippen LogP contribution in [0.15, 0.2) is 87.5 Å². The quantitative estimate of drug-likeness (QED) is 0.431. The molecule has 1 fully saturated rings. The van der Waals surface area contributed by atoms with E-state index < -0.39 is 59.8 Å². The highest BCUT2D eigenvalue weighted by Crippen LogP contribution is 2.53. The Kier molecular flexibility index (Phi) is 7.13. The highest BCUT2D eigenvalue weighted by atomic mass is 32.3. The fraction of sp³-hybridized carbons (Fsp3) is 0.308. The van der Waals surface area contributed by atoms with E-state index in [2.05, 4.69) is 0 Å². The van der Waals surface area contributed by atoms with E-state index in [9.17, 15) is 35.6 Å². The number of nitrogens with zero attached hydrogens (tertiary/aromatic N) is 1. The zero-order chi connectivity index (χ0) is 28.1. The van der Waals surface area contributed by atoms with Crippen LogP contribution in [0.3, 0.4) is 0 Å². The molecule has 0 spiro atoms. The summed E-state index contributed by atoms with van der Waals surface area (Å²) in [5.41, 5.74) is 2.00. The second-order valence-corrected chi connectivity index (χ2v) is 16.1. The Morgan fingerprint density at radius 2 is 1.00 bits per heavy atom. The molecule has 3 aromatic carbocycles. The molecule has 0 unspecified atom stereocenters. The van der Waals surface area contributed by atoms with Crippen molar-refractivity contribution in [1.82, 2.24) is 5.06 Å². The molecular formula is C26H29NO8S3. The predicted octanol–water partition coefficient (Wildman–Crippen LogP) is 3.16.